The maximum atomic E-state index is 12.6. The van der Waals surface area contributed by atoms with Crippen molar-refractivity contribution in [2.75, 3.05) is 32.6 Å². The number of carbonyl (C=O) groups excluding carboxylic acids is 2. The Morgan fingerprint density at radius 2 is 1.62 bits per heavy atom. The van der Waals surface area contributed by atoms with Crippen LogP contribution in [0.3, 0.4) is 0 Å². The van der Waals surface area contributed by atoms with E-state index in [-0.39, 0.29) is 31.1 Å². The lowest BCUT2D eigenvalue weighted by atomic mass is 9.97. The molecule has 0 aromatic heterocycles. The second kappa shape index (κ2) is 16.7. The van der Waals surface area contributed by atoms with Gasteiger partial charge in [-0.05, 0) is 65.8 Å². The first-order chi connectivity index (χ1) is 22.9. The molecule has 3 aromatic rings. The van der Waals surface area contributed by atoms with Crippen molar-refractivity contribution in [3.63, 3.8) is 0 Å². The zero-order valence-corrected chi connectivity index (χ0v) is 27.1. The van der Waals surface area contributed by atoms with Gasteiger partial charge in [-0.25, -0.2) is 5.48 Å². The van der Waals surface area contributed by atoms with Crippen molar-refractivity contribution in [2.45, 2.75) is 76.6 Å². The van der Waals surface area contributed by atoms with Crippen LogP contribution in [0.4, 0.5) is 5.69 Å². The van der Waals surface area contributed by atoms with E-state index in [9.17, 15) is 14.7 Å². The Morgan fingerprint density at radius 3 is 2.32 bits per heavy atom. The summed E-state index contributed by atoms with van der Waals surface area (Å²) in [5.41, 5.74) is 7.42. The Hall–Kier alpha value is -4.00. The van der Waals surface area contributed by atoms with Gasteiger partial charge in [0.25, 0.3) is 0 Å². The number of methoxy groups -OCH3 is 2. The van der Waals surface area contributed by atoms with Crippen molar-refractivity contribution in [3.8, 4) is 11.5 Å². The molecule has 3 aromatic carbocycles. The number of nitrogens with zero attached hydrogens (tertiary/aromatic N) is 1. The van der Waals surface area contributed by atoms with Crippen LogP contribution in [0.25, 0.3) is 0 Å². The molecule has 0 saturated carbocycles. The molecule has 2 aliphatic heterocycles. The maximum Gasteiger partial charge on any atom is 0.243 e. The monoisotopic (exact) mass is 647 g/mol. The lowest BCUT2D eigenvalue weighted by molar-refractivity contribution is -0.253. The summed E-state index contributed by atoms with van der Waals surface area (Å²) in [5, 5.41) is 21.1. The minimum Gasteiger partial charge on any atom is -0.493 e. The number of fused-ring (bicyclic) bond motifs is 1. The van der Waals surface area contributed by atoms with Crippen molar-refractivity contribution in [2.24, 2.45) is 0 Å². The number of nitrogens with one attached hydrogen (secondary N) is 2. The first-order valence-corrected chi connectivity index (χ1v) is 16.2. The van der Waals surface area contributed by atoms with Crippen LogP contribution in [0.15, 0.2) is 60.7 Å². The average Bonchev–Trinajstić information content (AvgIpc) is 3.10. The molecule has 47 heavy (non-hydrogen) atoms. The third-order valence-electron chi connectivity index (χ3n) is 8.75. The van der Waals surface area contributed by atoms with Gasteiger partial charge in [0.15, 0.2) is 17.8 Å². The lowest BCUT2D eigenvalue weighted by Crippen LogP contribution is -2.41. The van der Waals surface area contributed by atoms with Crippen molar-refractivity contribution in [1.82, 2.24) is 10.4 Å². The van der Waals surface area contributed by atoms with Gasteiger partial charge in [-0.1, -0.05) is 42.8 Å². The van der Waals surface area contributed by atoms with Crippen LogP contribution in [0, 0.1) is 0 Å². The maximum absolute atomic E-state index is 12.6. The smallest absolute Gasteiger partial charge is 0.243 e. The second-order valence-electron chi connectivity index (χ2n) is 12.1. The Bertz CT molecular complexity index is 1500. The van der Waals surface area contributed by atoms with Crippen LogP contribution in [-0.4, -0.2) is 60.4 Å². The summed E-state index contributed by atoms with van der Waals surface area (Å²) in [5.74, 6) is 0.932. The Balaban J connectivity index is 1.27. The van der Waals surface area contributed by atoms with E-state index in [1.54, 1.807) is 19.7 Å². The van der Waals surface area contributed by atoms with Gasteiger partial charge in [0.1, 0.15) is 0 Å². The molecule has 1 fully saturated rings. The number of anilines is 1. The SMILES string of the molecule is COc1cc2c(cc1OC)CN(CC1CC(c3ccc(CO)cc3)OC(c3cccc(NC(=O)CCCCCC(=O)NO)c3)O1)CC2. The molecule has 11 heteroatoms. The molecule has 252 valence electrons. The molecule has 3 atom stereocenters. The summed E-state index contributed by atoms with van der Waals surface area (Å²) in [4.78, 5) is 26.2. The van der Waals surface area contributed by atoms with Gasteiger partial charge in [0.2, 0.25) is 11.8 Å². The van der Waals surface area contributed by atoms with Crippen LogP contribution in [0.2, 0.25) is 0 Å². The summed E-state index contributed by atoms with van der Waals surface area (Å²) in [6.07, 6.45) is 3.07. The van der Waals surface area contributed by atoms with Crippen molar-refractivity contribution < 1.29 is 38.9 Å². The van der Waals surface area contributed by atoms with Crippen LogP contribution in [0.1, 0.15) is 78.7 Å². The van der Waals surface area contributed by atoms with Gasteiger partial charge in [0.05, 0.1) is 33.0 Å². The molecule has 5 rings (SSSR count). The summed E-state index contributed by atoms with van der Waals surface area (Å²) in [7, 11) is 3.31. The number of hydroxylamine groups is 1. The number of aliphatic hydroxyl groups excluding tert-OH is 1. The third kappa shape index (κ3) is 9.30. The van der Waals surface area contributed by atoms with E-state index >= 15 is 0 Å². The van der Waals surface area contributed by atoms with Gasteiger partial charge < -0.3 is 29.4 Å². The Labute approximate surface area is 275 Å². The lowest BCUT2D eigenvalue weighted by Gasteiger charge is -2.39. The largest absolute Gasteiger partial charge is 0.493 e. The van der Waals surface area contributed by atoms with Crippen molar-refractivity contribution in [1.29, 1.82) is 0 Å². The number of hydrogen-bond donors (Lipinski definition) is 4. The highest BCUT2D eigenvalue weighted by Crippen LogP contribution is 2.39. The number of benzene rings is 3. The van der Waals surface area contributed by atoms with Crippen molar-refractivity contribution in [3.05, 3.63) is 88.5 Å². The van der Waals surface area contributed by atoms with Crippen molar-refractivity contribution >= 4 is 17.5 Å². The van der Waals surface area contributed by atoms with Crippen LogP contribution < -0.4 is 20.3 Å². The summed E-state index contributed by atoms with van der Waals surface area (Å²) < 4.78 is 24.2. The van der Waals surface area contributed by atoms with E-state index < -0.39 is 12.2 Å². The molecule has 0 bridgehead atoms. The number of carbonyl (C=O) groups is 2. The van der Waals surface area contributed by atoms with Gasteiger partial charge in [-0.3, -0.25) is 19.7 Å². The minimum absolute atomic E-state index is 0.0212. The minimum atomic E-state index is -0.646. The highest BCUT2D eigenvalue weighted by molar-refractivity contribution is 5.90. The fourth-order valence-electron chi connectivity index (χ4n) is 6.21. The number of rotatable bonds is 14. The standard InChI is InChI=1S/C36H45N3O8/c1-44-32-18-26-15-16-39(21-28(26)19-33(32)45-2)22-30-20-31(25-13-11-24(23-40)12-14-25)47-36(46-30)27-7-6-8-29(17-27)37-34(41)9-4-3-5-10-35(42)38-43/h6-8,11-14,17-19,30-31,36,40,43H,3-5,9-10,15-16,20-23H2,1-2H3,(H,37,41)(H,38,42). The fraction of sp³-hybridized carbons (Fsp3) is 0.444. The quantitative estimate of drug-likeness (QED) is 0.106. The van der Waals surface area contributed by atoms with Gasteiger partial charge in [-0.2, -0.15) is 0 Å². The van der Waals surface area contributed by atoms with E-state index in [4.69, 9.17) is 24.2 Å². The van der Waals surface area contributed by atoms with E-state index in [0.29, 0.717) is 37.8 Å². The molecule has 2 heterocycles. The molecule has 2 aliphatic rings. The first kappa shape index (κ1) is 34.3. The molecular weight excluding hydrogens is 602 g/mol. The van der Waals surface area contributed by atoms with E-state index in [0.717, 1.165) is 54.2 Å². The fourth-order valence-corrected chi connectivity index (χ4v) is 6.21. The number of hydrogen-bond acceptors (Lipinski definition) is 9. The molecule has 0 aliphatic carbocycles. The highest BCUT2D eigenvalue weighted by Gasteiger charge is 2.34. The molecule has 3 unspecified atom stereocenters. The molecular formula is C36H45N3O8. The molecule has 1 saturated heterocycles. The Morgan fingerprint density at radius 1 is 0.894 bits per heavy atom. The van der Waals surface area contributed by atoms with E-state index in [1.165, 1.54) is 11.1 Å². The number of aliphatic hydroxyl groups is 1. The summed E-state index contributed by atoms with van der Waals surface area (Å²) >= 11 is 0. The molecule has 11 nitrogen and oxygen atoms in total. The molecule has 0 radical (unpaired) electrons. The number of amides is 2. The van der Waals surface area contributed by atoms with Gasteiger partial charge in [-0.15, -0.1) is 0 Å². The second-order valence-corrected chi connectivity index (χ2v) is 12.1. The molecule has 0 spiro atoms. The third-order valence-corrected chi connectivity index (χ3v) is 8.75. The first-order valence-electron chi connectivity index (χ1n) is 16.2. The summed E-state index contributed by atoms with van der Waals surface area (Å²) in [6, 6.07) is 19.5. The van der Waals surface area contributed by atoms with Crippen LogP contribution in [0.5, 0.6) is 11.5 Å². The molecule has 2 amide bonds. The molecule has 4 N–H and O–H groups in total. The Kier molecular flexibility index (Phi) is 12.2. The van der Waals surface area contributed by atoms with Crippen LogP contribution in [-0.2, 0) is 38.6 Å². The topological polar surface area (TPSA) is 139 Å². The van der Waals surface area contributed by atoms with E-state index in [1.807, 2.05) is 48.5 Å². The predicted octanol–water partition coefficient (Wildman–Crippen LogP) is 5.19. The number of ether oxygens (including phenoxy) is 4. The van der Waals surface area contributed by atoms with E-state index in [2.05, 4.69) is 22.3 Å². The predicted molar refractivity (Wildman–Crippen MR) is 175 cm³/mol. The normalized spacial score (nSPS) is 19.4. The van der Waals surface area contributed by atoms with Crippen LogP contribution >= 0.6 is 0 Å². The highest BCUT2D eigenvalue weighted by atomic mass is 16.7. The summed E-state index contributed by atoms with van der Waals surface area (Å²) in [6.45, 7) is 2.36. The van der Waals surface area contributed by atoms with Gasteiger partial charge >= 0.3 is 0 Å². The zero-order chi connectivity index (χ0) is 33.2. The van der Waals surface area contributed by atoms with Gasteiger partial charge in [0, 0.05) is 50.1 Å². The average molecular weight is 648 g/mol. The number of unbranched alkanes of at least 4 members (excludes halogenated alkanes) is 2. The zero-order valence-electron chi connectivity index (χ0n) is 27.1.